The van der Waals surface area contributed by atoms with Crippen LogP contribution in [0.15, 0.2) is 24.3 Å². The molecule has 0 radical (unpaired) electrons. The molecule has 1 amide bonds. The highest BCUT2D eigenvalue weighted by Gasteiger charge is 2.14. The minimum Gasteiger partial charge on any atom is -0.369 e. The van der Waals surface area contributed by atoms with Crippen LogP contribution in [0.4, 0.5) is 5.69 Å². The molecular formula is C14H20ClNO2. The maximum atomic E-state index is 11.8. The van der Waals surface area contributed by atoms with Crippen LogP contribution in [-0.2, 0) is 9.53 Å². The minimum atomic E-state index is -0.472. The first-order valence-corrected chi connectivity index (χ1v) is 6.55. The molecule has 0 saturated heterocycles. The van der Waals surface area contributed by atoms with Gasteiger partial charge in [0.25, 0.3) is 5.91 Å². The molecule has 0 fully saturated rings. The van der Waals surface area contributed by atoms with Gasteiger partial charge in [0.1, 0.15) is 6.10 Å². The molecule has 0 aromatic heterocycles. The third-order valence-electron chi connectivity index (χ3n) is 2.56. The lowest BCUT2D eigenvalue weighted by Crippen LogP contribution is -2.28. The summed E-state index contributed by atoms with van der Waals surface area (Å²) in [6, 6.07) is 7.15. The Hall–Kier alpha value is -1.06. The Labute approximate surface area is 113 Å². The summed E-state index contributed by atoms with van der Waals surface area (Å²) >= 11 is 5.96. The number of benzene rings is 1. The Bertz CT molecular complexity index is 393. The van der Waals surface area contributed by atoms with Crippen molar-refractivity contribution < 1.29 is 9.53 Å². The fourth-order valence-electron chi connectivity index (χ4n) is 1.35. The zero-order chi connectivity index (χ0) is 13.5. The number of amides is 1. The van der Waals surface area contributed by atoms with E-state index in [1.165, 1.54) is 0 Å². The molecule has 0 aliphatic rings. The molecule has 1 aromatic rings. The van der Waals surface area contributed by atoms with E-state index in [0.29, 0.717) is 23.2 Å². The molecule has 1 rings (SSSR count). The predicted octanol–water partition coefficient (Wildman–Crippen LogP) is 3.73. The van der Waals surface area contributed by atoms with Gasteiger partial charge in [0.05, 0.1) is 10.7 Å². The van der Waals surface area contributed by atoms with Crippen molar-refractivity contribution in [2.45, 2.75) is 33.3 Å². The molecule has 4 heteroatoms. The lowest BCUT2D eigenvalue weighted by Gasteiger charge is -2.14. The number of para-hydroxylation sites is 1. The SMILES string of the molecule is CC(C)CCO[C@@H](C)C(=O)Nc1ccccc1Cl. The van der Waals surface area contributed by atoms with Gasteiger partial charge in [-0.1, -0.05) is 37.6 Å². The highest BCUT2D eigenvalue weighted by molar-refractivity contribution is 6.33. The molecule has 0 heterocycles. The zero-order valence-electron chi connectivity index (χ0n) is 11.1. The molecule has 0 aliphatic carbocycles. The number of carbonyl (C=O) groups excluding carboxylic acids is 1. The molecule has 0 bridgehead atoms. The third-order valence-corrected chi connectivity index (χ3v) is 2.89. The van der Waals surface area contributed by atoms with Crippen LogP contribution >= 0.6 is 11.6 Å². The number of hydrogen-bond donors (Lipinski definition) is 1. The number of anilines is 1. The van der Waals surface area contributed by atoms with E-state index in [-0.39, 0.29) is 5.91 Å². The molecule has 3 nitrogen and oxygen atoms in total. The normalized spacial score (nSPS) is 12.5. The van der Waals surface area contributed by atoms with Gasteiger partial charge in [-0.25, -0.2) is 0 Å². The van der Waals surface area contributed by atoms with E-state index in [2.05, 4.69) is 19.2 Å². The van der Waals surface area contributed by atoms with Crippen LogP contribution in [0.2, 0.25) is 5.02 Å². The summed E-state index contributed by atoms with van der Waals surface area (Å²) in [6.45, 7) is 6.58. The van der Waals surface area contributed by atoms with Gasteiger partial charge in [0, 0.05) is 6.61 Å². The van der Waals surface area contributed by atoms with E-state index in [1.807, 2.05) is 12.1 Å². The lowest BCUT2D eigenvalue weighted by atomic mass is 10.1. The van der Waals surface area contributed by atoms with Gasteiger partial charge in [-0.2, -0.15) is 0 Å². The molecule has 0 saturated carbocycles. The van der Waals surface area contributed by atoms with Crippen LogP contribution < -0.4 is 5.32 Å². The van der Waals surface area contributed by atoms with Crippen LogP contribution in [-0.4, -0.2) is 18.6 Å². The number of carbonyl (C=O) groups is 1. The maximum Gasteiger partial charge on any atom is 0.253 e. The van der Waals surface area contributed by atoms with Crippen molar-refractivity contribution in [3.05, 3.63) is 29.3 Å². The van der Waals surface area contributed by atoms with Crippen molar-refractivity contribution in [2.75, 3.05) is 11.9 Å². The van der Waals surface area contributed by atoms with E-state index >= 15 is 0 Å². The van der Waals surface area contributed by atoms with Crippen molar-refractivity contribution in [1.82, 2.24) is 0 Å². The molecule has 0 aliphatic heterocycles. The van der Waals surface area contributed by atoms with Gasteiger partial charge in [0.2, 0.25) is 0 Å². The summed E-state index contributed by atoms with van der Waals surface area (Å²) in [6.07, 6.45) is 0.476. The molecule has 100 valence electrons. The quantitative estimate of drug-likeness (QED) is 0.855. The first-order valence-electron chi connectivity index (χ1n) is 6.17. The highest BCUT2D eigenvalue weighted by Crippen LogP contribution is 2.20. The molecule has 0 spiro atoms. The fraction of sp³-hybridized carbons (Fsp3) is 0.500. The van der Waals surface area contributed by atoms with Crippen LogP contribution in [0.3, 0.4) is 0 Å². The highest BCUT2D eigenvalue weighted by atomic mass is 35.5. The van der Waals surface area contributed by atoms with Crippen LogP contribution in [0.5, 0.6) is 0 Å². The van der Waals surface area contributed by atoms with Crippen molar-refractivity contribution in [1.29, 1.82) is 0 Å². The van der Waals surface area contributed by atoms with Crippen LogP contribution in [0.1, 0.15) is 27.2 Å². The second kappa shape index (κ2) is 7.39. The van der Waals surface area contributed by atoms with Crippen LogP contribution in [0, 0.1) is 5.92 Å². The Morgan fingerprint density at radius 1 is 1.33 bits per heavy atom. The largest absolute Gasteiger partial charge is 0.369 e. The maximum absolute atomic E-state index is 11.8. The fourth-order valence-corrected chi connectivity index (χ4v) is 1.54. The van der Waals surface area contributed by atoms with Gasteiger partial charge in [-0.15, -0.1) is 0 Å². The van der Waals surface area contributed by atoms with Crippen LogP contribution in [0.25, 0.3) is 0 Å². The van der Waals surface area contributed by atoms with E-state index in [0.717, 1.165) is 6.42 Å². The van der Waals surface area contributed by atoms with E-state index in [1.54, 1.807) is 19.1 Å². The van der Waals surface area contributed by atoms with E-state index < -0.39 is 6.10 Å². The first-order chi connectivity index (χ1) is 8.50. The van der Waals surface area contributed by atoms with E-state index in [9.17, 15) is 4.79 Å². The third kappa shape index (κ3) is 5.07. The molecule has 18 heavy (non-hydrogen) atoms. The summed E-state index contributed by atoms with van der Waals surface area (Å²) in [7, 11) is 0. The molecule has 1 N–H and O–H groups in total. The Kier molecular flexibility index (Phi) is 6.16. The monoisotopic (exact) mass is 269 g/mol. The number of ether oxygens (including phenoxy) is 1. The molecule has 1 atom stereocenters. The Morgan fingerprint density at radius 3 is 2.61 bits per heavy atom. The van der Waals surface area contributed by atoms with Crippen molar-refractivity contribution in [3.63, 3.8) is 0 Å². The second-order valence-electron chi connectivity index (χ2n) is 4.66. The first kappa shape index (κ1) is 15.0. The van der Waals surface area contributed by atoms with Gasteiger partial charge >= 0.3 is 0 Å². The van der Waals surface area contributed by atoms with Crippen molar-refractivity contribution >= 4 is 23.2 Å². The Balaban J connectivity index is 2.43. The molecule has 1 aromatic carbocycles. The number of hydrogen-bond acceptors (Lipinski definition) is 2. The van der Waals surface area contributed by atoms with Gasteiger partial charge < -0.3 is 10.1 Å². The molecule has 0 unspecified atom stereocenters. The topological polar surface area (TPSA) is 38.3 Å². The Morgan fingerprint density at radius 2 is 2.00 bits per heavy atom. The minimum absolute atomic E-state index is 0.174. The van der Waals surface area contributed by atoms with Gasteiger partial charge in [-0.3, -0.25) is 4.79 Å². The van der Waals surface area contributed by atoms with E-state index in [4.69, 9.17) is 16.3 Å². The lowest BCUT2D eigenvalue weighted by molar-refractivity contribution is -0.126. The summed E-state index contributed by atoms with van der Waals surface area (Å²) in [5.74, 6) is 0.399. The summed E-state index contributed by atoms with van der Waals surface area (Å²) in [5.41, 5.74) is 0.614. The average molecular weight is 270 g/mol. The second-order valence-corrected chi connectivity index (χ2v) is 5.07. The molecular weight excluding hydrogens is 250 g/mol. The smallest absolute Gasteiger partial charge is 0.253 e. The van der Waals surface area contributed by atoms with Crippen molar-refractivity contribution in [2.24, 2.45) is 5.92 Å². The zero-order valence-corrected chi connectivity index (χ0v) is 11.8. The number of nitrogens with one attached hydrogen (secondary N) is 1. The summed E-state index contributed by atoms with van der Waals surface area (Å²) in [4.78, 5) is 11.8. The van der Waals surface area contributed by atoms with Gasteiger partial charge in [0.15, 0.2) is 0 Å². The van der Waals surface area contributed by atoms with Gasteiger partial charge in [-0.05, 0) is 31.4 Å². The predicted molar refractivity (Wildman–Crippen MR) is 75.0 cm³/mol. The number of rotatable bonds is 6. The summed E-state index contributed by atoms with van der Waals surface area (Å²) in [5, 5.41) is 3.28. The van der Waals surface area contributed by atoms with Crippen molar-refractivity contribution in [3.8, 4) is 0 Å². The summed E-state index contributed by atoms with van der Waals surface area (Å²) < 4.78 is 5.47. The standard InChI is InChI=1S/C14H20ClNO2/c1-10(2)8-9-18-11(3)14(17)16-13-7-5-4-6-12(13)15/h4-7,10-11H,8-9H2,1-3H3,(H,16,17)/t11-/m0/s1. The average Bonchev–Trinajstić information content (AvgIpc) is 2.31. The number of halogens is 1.